The number of pyridine rings is 1. The van der Waals surface area contributed by atoms with E-state index in [9.17, 15) is 0 Å². The molecule has 3 heteroatoms. The monoisotopic (exact) mass is 300 g/mol. The minimum Gasteiger partial charge on any atom is -0.347 e. The topological polar surface area (TPSA) is 17.8 Å². The molecule has 0 saturated carbocycles. The molecule has 0 aliphatic carbocycles. The van der Waals surface area contributed by atoms with Crippen LogP contribution >= 0.6 is 15.9 Å². The standard InChI is InChI=1S/C15H13BrN2/c16-14-5-3-6-15-13(14)8-11-18(15)10-7-12-4-1-2-9-17-12/h1-6,8-9,11H,7,10H2. The lowest BCUT2D eigenvalue weighted by molar-refractivity contribution is 0.710. The zero-order chi connectivity index (χ0) is 12.4. The van der Waals surface area contributed by atoms with Gasteiger partial charge in [-0.3, -0.25) is 4.98 Å². The van der Waals surface area contributed by atoms with Gasteiger partial charge in [0.2, 0.25) is 0 Å². The van der Waals surface area contributed by atoms with E-state index in [1.54, 1.807) is 0 Å². The maximum Gasteiger partial charge on any atom is 0.0491 e. The minimum absolute atomic E-state index is 0.955. The lowest BCUT2D eigenvalue weighted by Gasteiger charge is -2.05. The first-order chi connectivity index (χ1) is 8.84. The van der Waals surface area contributed by atoms with Crippen molar-refractivity contribution < 1.29 is 0 Å². The highest BCUT2D eigenvalue weighted by Gasteiger charge is 2.03. The molecule has 0 aliphatic rings. The molecule has 0 N–H and O–H groups in total. The largest absolute Gasteiger partial charge is 0.347 e. The Morgan fingerprint density at radius 3 is 2.83 bits per heavy atom. The van der Waals surface area contributed by atoms with Crippen molar-refractivity contribution in [2.45, 2.75) is 13.0 Å². The predicted molar refractivity (Wildman–Crippen MR) is 77.6 cm³/mol. The van der Waals surface area contributed by atoms with Gasteiger partial charge in [-0.2, -0.15) is 0 Å². The van der Waals surface area contributed by atoms with Crippen molar-refractivity contribution in [3.63, 3.8) is 0 Å². The Morgan fingerprint density at radius 1 is 1.06 bits per heavy atom. The van der Waals surface area contributed by atoms with Crippen LogP contribution in [0.5, 0.6) is 0 Å². The third-order valence-corrected chi connectivity index (χ3v) is 3.79. The summed E-state index contributed by atoms with van der Waals surface area (Å²) in [4.78, 5) is 4.35. The molecule has 0 bridgehead atoms. The van der Waals surface area contributed by atoms with Crippen LogP contribution in [-0.2, 0) is 13.0 Å². The second kappa shape index (κ2) is 4.94. The van der Waals surface area contributed by atoms with E-state index >= 15 is 0 Å². The fourth-order valence-corrected chi connectivity index (χ4v) is 2.65. The number of hydrogen-bond acceptors (Lipinski definition) is 1. The quantitative estimate of drug-likeness (QED) is 0.714. The van der Waals surface area contributed by atoms with Gasteiger partial charge < -0.3 is 4.57 Å². The molecule has 18 heavy (non-hydrogen) atoms. The van der Waals surface area contributed by atoms with Crippen LogP contribution in [-0.4, -0.2) is 9.55 Å². The van der Waals surface area contributed by atoms with Crippen molar-refractivity contribution in [2.75, 3.05) is 0 Å². The number of aryl methyl sites for hydroxylation is 2. The van der Waals surface area contributed by atoms with Crippen molar-refractivity contribution in [3.8, 4) is 0 Å². The molecule has 0 unspecified atom stereocenters. The Morgan fingerprint density at radius 2 is 2.00 bits per heavy atom. The number of aromatic nitrogens is 2. The number of hydrogen-bond donors (Lipinski definition) is 0. The summed E-state index contributed by atoms with van der Waals surface area (Å²) in [6.45, 7) is 0.955. The van der Waals surface area contributed by atoms with Crippen LogP contribution in [0.4, 0.5) is 0 Å². The normalized spacial score (nSPS) is 10.9. The van der Waals surface area contributed by atoms with E-state index in [2.05, 4.69) is 62.0 Å². The lowest BCUT2D eigenvalue weighted by Crippen LogP contribution is -2.00. The average molecular weight is 301 g/mol. The van der Waals surface area contributed by atoms with Gasteiger partial charge in [-0.05, 0) is 30.3 Å². The Kier molecular flexibility index (Phi) is 3.15. The zero-order valence-electron chi connectivity index (χ0n) is 9.88. The van der Waals surface area contributed by atoms with Gasteiger partial charge >= 0.3 is 0 Å². The van der Waals surface area contributed by atoms with E-state index in [0.717, 1.165) is 23.1 Å². The van der Waals surface area contributed by atoms with Crippen LogP contribution in [0.1, 0.15) is 5.69 Å². The number of rotatable bonds is 3. The molecule has 3 aromatic rings. The Bertz CT molecular complexity index is 659. The summed E-state index contributed by atoms with van der Waals surface area (Å²) in [5.41, 5.74) is 2.40. The SMILES string of the molecule is Brc1cccc2c1ccn2CCc1ccccn1. The summed E-state index contributed by atoms with van der Waals surface area (Å²) in [5.74, 6) is 0. The highest BCUT2D eigenvalue weighted by Crippen LogP contribution is 2.24. The minimum atomic E-state index is 0.955. The fraction of sp³-hybridized carbons (Fsp3) is 0.133. The summed E-state index contributed by atoms with van der Waals surface area (Å²) in [5, 5.41) is 1.26. The highest BCUT2D eigenvalue weighted by molar-refractivity contribution is 9.10. The molecule has 3 rings (SSSR count). The molecule has 0 aliphatic heterocycles. The third-order valence-electron chi connectivity index (χ3n) is 3.10. The summed E-state index contributed by atoms with van der Waals surface area (Å²) in [7, 11) is 0. The van der Waals surface area contributed by atoms with E-state index in [1.807, 2.05) is 18.3 Å². The first-order valence-corrected chi connectivity index (χ1v) is 6.77. The fourth-order valence-electron chi connectivity index (χ4n) is 2.16. The average Bonchev–Trinajstić information content (AvgIpc) is 2.82. The molecule has 2 nitrogen and oxygen atoms in total. The zero-order valence-corrected chi connectivity index (χ0v) is 11.5. The Hall–Kier alpha value is -1.61. The van der Waals surface area contributed by atoms with E-state index in [4.69, 9.17) is 0 Å². The lowest BCUT2D eigenvalue weighted by atomic mass is 10.2. The van der Waals surface area contributed by atoms with Crippen molar-refractivity contribution in [1.82, 2.24) is 9.55 Å². The van der Waals surface area contributed by atoms with Crippen LogP contribution in [0.3, 0.4) is 0 Å². The van der Waals surface area contributed by atoms with Gasteiger partial charge in [-0.1, -0.05) is 28.1 Å². The van der Waals surface area contributed by atoms with Crippen molar-refractivity contribution in [3.05, 3.63) is 65.0 Å². The molecule has 0 radical (unpaired) electrons. The molecular weight excluding hydrogens is 288 g/mol. The van der Waals surface area contributed by atoms with Gasteiger partial charge in [0.15, 0.2) is 0 Å². The van der Waals surface area contributed by atoms with Gasteiger partial charge in [0, 0.05) is 46.4 Å². The second-order valence-electron chi connectivity index (χ2n) is 4.25. The van der Waals surface area contributed by atoms with Crippen molar-refractivity contribution >= 4 is 26.8 Å². The first-order valence-electron chi connectivity index (χ1n) is 5.98. The number of fused-ring (bicyclic) bond motifs is 1. The summed E-state index contributed by atoms with van der Waals surface area (Å²) >= 11 is 3.58. The molecule has 0 spiro atoms. The highest BCUT2D eigenvalue weighted by atomic mass is 79.9. The Balaban J connectivity index is 1.85. The number of benzene rings is 1. The molecule has 1 aromatic carbocycles. The van der Waals surface area contributed by atoms with Crippen LogP contribution in [0, 0.1) is 0 Å². The summed E-state index contributed by atoms with van der Waals surface area (Å²) in [6.07, 6.45) is 4.94. The van der Waals surface area contributed by atoms with Crippen LogP contribution in [0.2, 0.25) is 0 Å². The van der Waals surface area contributed by atoms with Crippen LogP contribution in [0.25, 0.3) is 10.9 Å². The molecular formula is C15H13BrN2. The number of nitrogens with zero attached hydrogens (tertiary/aromatic N) is 2. The van der Waals surface area contributed by atoms with Crippen LogP contribution < -0.4 is 0 Å². The third kappa shape index (κ3) is 2.18. The molecule has 90 valence electrons. The van der Waals surface area contributed by atoms with Gasteiger partial charge in [0.1, 0.15) is 0 Å². The second-order valence-corrected chi connectivity index (χ2v) is 5.11. The molecule has 0 fully saturated rings. The smallest absolute Gasteiger partial charge is 0.0491 e. The maximum atomic E-state index is 4.35. The van der Waals surface area contributed by atoms with E-state index < -0.39 is 0 Å². The van der Waals surface area contributed by atoms with Crippen molar-refractivity contribution in [1.29, 1.82) is 0 Å². The van der Waals surface area contributed by atoms with Gasteiger partial charge in [-0.25, -0.2) is 0 Å². The molecule has 0 saturated heterocycles. The molecule has 0 atom stereocenters. The van der Waals surface area contributed by atoms with E-state index in [0.29, 0.717) is 0 Å². The number of halogens is 1. The Labute approximate surface area is 114 Å². The van der Waals surface area contributed by atoms with E-state index in [1.165, 1.54) is 10.9 Å². The first kappa shape index (κ1) is 11.5. The maximum absolute atomic E-state index is 4.35. The van der Waals surface area contributed by atoms with Crippen molar-refractivity contribution in [2.24, 2.45) is 0 Å². The molecule has 2 aromatic heterocycles. The summed E-state index contributed by atoms with van der Waals surface area (Å²) < 4.78 is 3.42. The van der Waals surface area contributed by atoms with Gasteiger partial charge in [0.25, 0.3) is 0 Å². The molecule has 0 amide bonds. The summed E-state index contributed by atoms with van der Waals surface area (Å²) in [6, 6.07) is 14.5. The van der Waals surface area contributed by atoms with Crippen LogP contribution in [0.15, 0.2) is 59.3 Å². The van der Waals surface area contributed by atoms with E-state index in [-0.39, 0.29) is 0 Å². The van der Waals surface area contributed by atoms with Gasteiger partial charge in [0.05, 0.1) is 0 Å². The molecule has 2 heterocycles. The van der Waals surface area contributed by atoms with Gasteiger partial charge in [-0.15, -0.1) is 0 Å². The predicted octanol–water partition coefficient (Wildman–Crippen LogP) is 4.04.